The van der Waals surface area contributed by atoms with E-state index in [4.69, 9.17) is 21.1 Å². The third-order valence-electron chi connectivity index (χ3n) is 2.22. The van der Waals surface area contributed by atoms with Gasteiger partial charge in [-0.05, 0) is 12.5 Å². The first-order valence-corrected chi connectivity index (χ1v) is 8.36. The maximum atomic E-state index is 12.0. The minimum Gasteiger partial charge on any atom is -0.478 e. The predicted octanol–water partition coefficient (Wildman–Crippen LogP) is 0.952. The normalized spacial score (nSPS) is 11.6. The highest BCUT2D eigenvalue weighted by Crippen LogP contribution is 2.16. The molecule has 0 aliphatic carbocycles. The van der Waals surface area contributed by atoms with Gasteiger partial charge in [0.25, 0.3) is 0 Å². The molecular weight excluding hydrogens is 407 g/mol. The fourth-order valence-corrected chi connectivity index (χ4v) is 1.95. The van der Waals surface area contributed by atoms with E-state index in [1.165, 1.54) is 24.0 Å². The van der Waals surface area contributed by atoms with E-state index in [1.54, 1.807) is 0 Å². The number of nitrogens with zero attached hydrogens (tertiary/aromatic N) is 3. The standard InChI is InChI=1S/C10H14F3N5OS.C4H4O4/c11-10(12,13)6-16-8(14)17-7-2-3-15-9(18-7)20-5-1-4-19;5-3(6)1-2-4(7)8/h2-3,19H,1,4-6H2,(H3,14,15,16,17,18);1-2H,(H,5,6)(H,7,8)/b;2-1-. The second-order valence-corrected chi connectivity index (χ2v) is 5.66. The molecule has 0 saturated carbocycles. The van der Waals surface area contributed by atoms with Gasteiger partial charge < -0.3 is 26.4 Å². The molecule has 1 aromatic rings. The zero-order valence-electron chi connectivity index (χ0n) is 14.3. The average molecular weight is 425 g/mol. The number of carboxylic acid groups (broad SMARTS) is 2. The summed E-state index contributed by atoms with van der Waals surface area (Å²) in [6.07, 6.45) is -1.23. The number of hydrogen-bond donors (Lipinski definition) is 5. The summed E-state index contributed by atoms with van der Waals surface area (Å²) >= 11 is 1.32. The Balaban J connectivity index is 0.000000769. The Morgan fingerprint density at radius 1 is 1.29 bits per heavy atom. The van der Waals surface area contributed by atoms with Crippen LogP contribution in [0.15, 0.2) is 34.6 Å². The van der Waals surface area contributed by atoms with Crippen molar-refractivity contribution in [2.45, 2.75) is 17.8 Å². The zero-order chi connectivity index (χ0) is 21.6. The van der Waals surface area contributed by atoms with Crippen LogP contribution in [-0.4, -0.2) is 68.3 Å². The van der Waals surface area contributed by atoms with Crippen LogP contribution in [-0.2, 0) is 9.59 Å². The fraction of sp³-hybridized carbons (Fsp3) is 0.357. The molecular formula is C14H18F3N5O5S. The Labute approximate surface area is 161 Å². The highest BCUT2D eigenvalue weighted by molar-refractivity contribution is 7.99. The zero-order valence-corrected chi connectivity index (χ0v) is 15.1. The molecule has 0 fully saturated rings. The molecule has 0 bridgehead atoms. The summed E-state index contributed by atoms with van der Waals surface area (Å²) in [6.45, 7) is -1.28. The van der Waals surface area contributed by atoms with Gasteiger partial charge in [-0.2, -0.15) is 13.2 Å². The van der Waals surface area contributed by atoms with Gasteiger partial charge in [0, 0.05) is 30.7 Å². The van der Waals surface area contributed by atoms with E-state index in [0.717, 1.165) is 0 Å². The molecule has 1 rings (SSSR count). The first kappa shape index (κ1) is 25.1. The Kier molecular flexibility index (Phi) is 12.0. The summed E-state index contributed by atoms with van der Waals surface area (Å²) in [5.41, 5.74) is 5.32. The second kappa shape index (κ2) is 13.3. The van der Waals surface area contributed by atoms with Crippen molar-refractivity contribution >= 4 is 35.5 Å². The van der Waals surface area contributed by atoms with E-state index in [9.17, 15) is 22.8 Å². The van der Waals surface area contributed by atoms with Crippen molar-refractivity contribution in [1.82, 2.24) is 9.97 Å². The van der Waals surface area contributed by atoms with Crippen molar-refractivity contribution in [1.29, 1.82) is 0 Å². The molecule has 10 nitrogen and oxygen atoms in total. The molecule has 0 spiro atoms. The maximum absolute atomic E-state index is 12.0. The maximum Gasteiger partial charge on any atom is 0.408 e. The molecule has 1 aromatic heterocycles. The number of rotatable bonds is 8. The number of thioether (sulfide) groups is 1. The highest BCUT2D eigenvalue weighted by atomic mass is 32.2. The summed E-state index contributed by atoms with van der Waals surface area (Å²) in [7, 11) is 0. The van der Waals surface area contributed by atoms with Crippen LogP contribution in [0, 0.1) is 0 Å². The van der Waals surface area contributed by atoms with Crippen LogP contribution < -0.4 is 11.1 Å². The van der Waals surface area contributed by atoms with Crippen molar-refractivity contribution in [3.05, 3.63) is 24.4 Å². The molecule has 0 aliphatic rings. The lowest BCUT2D eigenvalue weighted by Gasteiger charge is -2.07. The number of guanidine groups is 1. The van der Waals surface area contributed by atoms with E-state index < -0.39 is 24.7 Å². The van der Waals surface area contributed by atoms with Crippen molar-refractivity contribution in [2.24, 2.45) is 10.7 Å². The largest absolute Gasteiger partial charge is 0.478 e. The minimum atomic E-state index is -4.40. The molecule has 0 saturated heterocycles. The Hall–Kier alpha value is -2.87. The number of carboxylic acids is 2. The number of carbonyl (C=O) groups is 2. The van der Waals surface area contributed by atoms with Gasteiger partial charge in [-0.1, -0.05) is 11.8 Å². The van der Waals surface area contributed by atoms with Crippen LogP contribution in [0.5, 0.6) is 0 Å². The number of aliphatic hydroxyl groups excluding tert-OH is 1. The molecule has 0 aliphatic heterocycles. The number of aliphatic imine (C=N–C) groups is 1. The summed E-state index contributed by atoms with van der Waals surface area (Å²) in [5, 5.41) is 27.2. The number of aromatic nitrogens is 2. The molecule has 6 N–H and O–H groups in total. The molecule has 156 valence electrons. The van der Waals surface area contributed by atoms with Gasteiger partial charge in [0.2, 0.25) is 0 Å². The Morgan fingerprint density at radius 2 is 1.89 bits per heavy atom. The molecule has 0 aromatic carbocycles. The number of alkyl halides is 3. The lowest BCUT2D eigenvalue weighted by Crippen LogP contribution is -2.26. The van der Waals surface area contributed by atoms with Crippen LogP contribution in [0.1, 0.15) is 6.42 Å². The second-order valence-electron chi connectivity index (χ2n) is 4.60. The number of aliphatic hydroxyl groups is 1. The van der Waals surface area contributed by atoms with E-state index in [2.05, 4.69) is 20.3 Å². The van der Waals surface area contributed by atoms with Crippen LogP contribution in [0.2, 0.25) is 0 Å². The van der Waals surface area contributed by atoms with E-state index in [-0.39, 0.29) is 18.4 Å². The van der Waals surface area contributed by atoms with Crippen LogP contribution in [0.4, 0.5) is 19.0 Å². The third-order valence-corrected chi connectivity index (χ3v) is 3.17. The van der Waals surface area contributed by atoms with Gasteiger partial charge in [-0.3, -0.25) is 0 Å². The Bertz CT molecular complexity index is 684. The molecule has 0 amide bonds. The van der Waals surface area contributed by atoms with E-state index in [0.29, 0.717) is 29.5 Å². The number of nitrogens with two attached hydrogens (primary N) is 1. The minimum absolute atomic E-state index is 0.0714. The summed E-state index contributed by atoms with van der Waals surface area (Å²) in [5.74, 6) is -1.99. The van der Waals surface area contributed by atoms with Gasteiger partial charge in [-0.15, -0.1) is 0 Å². The fourth-order valence-electron chi connectivity index (χ4n) is 1.20. The van der Waals surface area contributed by atoms with Crippen LogP contribution >= 0.6 is 11.8 Å². The summed E-state index contributed by atoms with van der Waals surface area (Å²) < 4.78 is 35.9. The number of nitrogens with one attached hydrogen (secondary N) is 1. The Morgan fingerprint density at radius 3 is 2.39 bits per heavy atom. The van der Waals surface area contributed by atoms with Crippen molar-refractivity contribution in [3.63, 3.8) is 0 Å². The smallest absolute Gasteiger partial charge is 0.408 e. The average Bonchev–Trinajstić information content (AvgIpc) is 2.59. The van der Waals surface area contributed by atoms with Crippen LogP contribution in [0.3, 0.4) is 0 Å². The first-order valence-electron chi connectivity index (χ1n) is 7.38. The van der Waals surface area contributed by atoms with Gasteiger partial charge in [0.15, 0.2) is 11.1 Å². The predicted molar refractivity (Wildman–Crippen MR) is 95.0 cm³/mol. The molecule has 0 atom stereocenters. The molecule has 14 heteroatoms. The van der Waals surface area contributed by atoms with E-state index in [1.807, 2.05) is 0 Å². The third kappa shape index (κ3) is 15.4. The van der Waals surface area contributed by atoms with Gasteiger partial charge in [-0.25, -0.2) is 24.5 Å². The molecule has 0 radical (unpaired) electrons. The number of halogens is 3. The quantitative estimate of drug-likeness (QED) is 0.101. The molecule has 0 unspecified atom stereocenters. The number of anilines is 1. The number of aliphatic carboxylic acids is 2. The van der Waals surface area contributed by atoms with Gasteiger partial charge in [0.1, 0.15) is 12.4 Å². The lowest BCUT2D eigenvalue weighted by molar-refractivity contribution is -0.134. The molecule has 28 heavy (non-hydrogen) atoms. The SMILES string of the molecule is N/C(=N/CC(F)(F)F)Nc1ccnc(SCCCO)n1.O=C(O)/C=C\C(=O)O. The first-order chi connectivity index (χ1) is 13.0. The van der Waals surface area contributed by atoms with Gasteiger partial charge in [0.05, 0.1) is 0 Å². The topological polar surface area (TPSA) is 171 Å². The summed E-state index contributed by atoms with van der Waals surface area (Å²) in [4.78, 5) is 30.3. The monoisotopic (exact) mass is 425 g/mol. The van der Waals surface area contributed by atoms with E-state index >= 15 is 0 Å². The van der Waals surface area contributed by atoms with Crippen molar-refractivity contribution < 1.29 is 38.1 Å². The van der Waals surface area contributed by atoms with Crippen molar-refractivity contribution in [2.75, 3.05) is 24.2 Å². The summed E-state index contributed by atoms with van der Waals surface area (Å²) in [6, 6.07) is 1.46. The van der Waals surface area contributed by atoms with Gasteiger partial charge >= 0.3 is 18.1 Å². The lowest BCUT2D eigenvalue weighted by atomic mass is 10.5. The van der Waals surface area contributed by atoms with Crippen molar-refractivity contribution in [3.8, 4) is 0 Å². The number of hydrogen-bond acceptors (Lipinski definition) is 7. The van der Waals surface area contributed by atoms with Crippen LogP contribution in [0.25, 0.3) is 0 Å². The molecule has 1 heterocycles. The highest BCUT2D eigenvalue weighted by Gasteiger charge is 2.26.